The molecule has 0 atom stereocenters. The molecule has 0 bridgehead atoms. The van der Waals surface area contributed by atoms with Crippen LogP contribution in [0.2, 0.25) is 0 Å². The van der Waals surface area contributed by atoms with E-state index in [-0.39, 0.29) is 10.8 Å². The van der Waals surface area contributed by atoms with Gasteiger partial charge in [-0.25, -0.2) is 13.4 Å². The molecule has 3 aromatic rings. The van der Waals surface area contributed by atoms with E-state index in [1.54, 1.807) is 36.4 Å². The number of nitriles is 1. The molecule has 1 aliphatic heterocycles. The fourth-order valence-electron chi connectivity index (χ4n) is 3.20. The number of nitrogens with one attached hydrogen (secondary N) is 1. The van der Waals surface area contributed by atoms with Crippen molar-refractivity contribution >= 4 is 42.6 Å². The maximum Gasteiger partial charge on any atom is 0.257 e. The number of likely N-dealkylation sites (N-methyl/N-ethyl adjacent to an activating group) is 1. The Morgan fingerprint density at radius 2 is 1.93 bits per heavy atom. The van der Waals surface area contributed by atoms with Crippen LogP contribution in [0.4, 0.5) is 5.13 Å². The van der Waals surface area contributed by atoms with Gasteiger partial charge in [-0.15, -0.1) is 0 Å². The lowest BCUT2D eigenvalue weighted by Gasteiger charge is -2.31. The number of aromatic nitrogens is 1. The average Bonchev–Trinajstić information content (AvgIpc) is 3.15. The van der Waals surface area contributed by atoms with Crippen LogP contribution in [-0.2, 0) is 10.0 Å². The average molecular weight is 442 g/mol. The zero-order valence-electron chi connectivity index (χ0n) is 16.2. The molecule has 2 aromatic carbocycles. The molecule has 0 aliphatic carbocycles. The summed E-state index contributed by atoms with van der Waals surface area (Å²) in [6.45, 7) is 2.32. The molecule has 8 nitrogen and oxygen atoms in total. The molecule has 154 valence electrons. The van der Waals surface area contributed by atoms with E-state index in [0.717, 1.165) is 0 Å². The lowest BCUT2D eigenvalue weighted by Crippen LogP contribution is -2.46. The quantitative estimate of drug-likeness (QED) is 0.666. The van der Waals surface area contributed by atoms with Crippen LogP contribution >= 0.6 is 11.3 Å². The molecule has 4 rings (SSSR count). The summed E-state index contributed by atoms with van der Waals surface area (Å²) >= 11 is 1.21. The predicted octanol–water partition coefficient (Wildman–Crippen LogP) is 2.36. The van der Waals surface area contributed by atoms with Crippen LogP contribution in [-0.4, -0.2) is 61.7 Å². The van der Waals surface area contributed by atoms with Crippen LogP contribution in [0.3, 0.4) is 0 Å². The SMILES string of the molecule is CN1CCN(S(=O)(=O)c2ccc3nc(NC(=O)c4cccc(C#N)c4)sc3c2)CC1. The first kappa shape index (κ1) is 20.4. The summed E-state index contributed by atoms with van der Waals surface area (Å²) in [5, 5.41) is 12.1. The van der Waals surface area contributed by atoms with Crippen molar-refractivity contribution in [3.63, 3.8) is 0 Å². The highest BCUT2D eigenvalue weighted by atomic mass is 32.2. The standard InChI is InChI=1S/C20H19N5O3S2/c1-24-7-9-25(10-8-24)30(27,28)16-5-6-17-18(12-16)29-20(22-17)23-19(26)15-4-2-3-14(11-15)13-21/h2-6,11-12H,7-10H2,1H3,(H,22,23,26). The maximum absolute atomic E-state index is 13.0. The van der Waals surface area contributed by atoms with Gasteiger partial charge in [-0.05, 0) is 43.4 Å². The molecule has 1 fully saturated rings. The van der Waals surface area contributed by atoms with E-state index in [9.17, 15) is 13.2 Å². The summed E-state index contributed by atoms with van der Waals surface area (Å²) in [6, 6.07) is 13.2. The van der Waals surface area contributed by atoms with Gasteiger partial charge in [0.25, 0.3) is 5.91 Å². The van der Waals surface area contributed by atoms with Crippen molar-refractivity contribution in [2.75, 3.05) is 38.5 Å². The highest BCUT2D eigenvalue weighted by Crippen LogP contribution is 2.29. The van der Waals surface area contributed by atoms with E-state index in [4.69, 9.17) is 5.26 Å². The van der Waals surface area contributed by atoms with Gasteiger partial charge in [0.1, 0.15) is 0 Å². The van der Waals surface area contributed by atoms with Gasteiger partial charge in [-0.2, -0.15) is 9.57 Å². The Kier molecular flexibility index (Phi) is 5.53. The molecule has 0 radical (unpaired) electrons. The summed E-state index contributed by atoms with van der Waals surface area (Å²) < 4.78 is 28.1. The molecule has 0 spiro atoms. The van der Waals surface area contributed by atoms with Gasteiger partial charge in [-0.3, -0.25) is 10.1 Å². The Labute approximate surface area is 178 Å². The second-order valence-corrected chi connectivity index (χ2v) is 9.97. The molecule has 1 amide bonds. The van der Waals surface area contributed by atoms with Crippen molar-refractivity contribution in [1.82, 2.24) is 14.2 Å². The van der Waals surface area contributed by atoms with Gasteiger partial charge in [0.2, 0.25) is 10.0 Å². The Morgan fingerprint density at radius 3 is 2.67 bits per heavy atom. The third-order valence-corrected chi connectivity index (χ3v) is 7.76. The first-order valence-corrected chi connectivity index (χ1v) is 11.5. The number of sulfonamides is 1. The van der Waals surface area contributed by atoms with E-state index < -0.39 is 10.0 Å². The minimum absolute atomic E-state index is 0.225. The minimum atomic E-state index is -3.57. The molecular formula is C20H19N5O3S2. The molecule has 2 heterocycles. The van der Waals surface area contributed by atoms with E-state index in [0.29, 0.717) is 52.7 Å². The van der Waals surface area contributed by atoms with Crippen LogP contribution in [0.1, 0.15) is 15.9 Å². The number of rotatable bonds is 4. The number of nitrogens with zero attached hydrogens (tertiary/aromatic N) is 4. The highest BCUT2D eigenvalue weighted by molar-refractivity contribution is 7.89. The van der Waals surface area contributed by atoms with Crippen LogP contribution in [0.5, 0.6) is 0 Å². The maximum atomic E-state index is 13.0. The molecule has 1 aliphatic rings. The fourth-order valence-corrected chi connectivity index (χ4v) is 5.62. The van der Waals surface area contributed by atoms with Crippen molar-refractivity contribution < 1.29 is 13.2 Å². The molecule has 0 saturated carbocycles. The zero-order valence-corrected chi connectivity index (χ0v) is 17.8. The molecule has 1 saturated heterocycles. The number of hydrogen-bond donors (Lipinski definition) is 1. The highest BCUT2D eigenvalue weighted by Gasteiger charge is 2.27. The van der Waals surface area contributed by atoms with Gasteiger partial charge in [0, 0.05) is 31.7 Å². The van der Waals surface area contributed by atoms with Gasteiger partial charge in [0.15, 0.2) is 5.13 Å². The summed E-state index contributed by atoms with van der Waals surface area (Å²) in [6.07, 6.45) is 0. The second-order valence-electron chi connectivity index (χ2n) is 7.00. The van der Waals surface area contributed by atoms with Gasteiger partial charge in [0.05, 0.1) is 26.7 Å². The second kappa shape index (κ2) is 8.12. The number of carbonyl (C=O) groups excluding carboxylic acids is 1. The number of piperazine rings is 1. The minimum Gasteiger partial charge on any atom is -0.304 e. The number of hydrogen-bond acceptors (Lipinski definition) is 7. The van der Waals surface area contributed by atoms with Crippen molar-refractivity contribution in [2.24, 2.45) is 0 Å². The first-order chi connectivity index (χ1) is 14.4. The van der Waals surface area contributed by atoms with Gasteiger partial charge >= 0.3 is 0 Å². The van der Waals surface area contributed by atoms with Crippen LogP contribution in [0.15, 0.2) is 47.4 Å². The third kappa shape index (κ3) is 4.06. The normalized spacial score (nSPS) is 15.7. The molecule has 30 heavy (non-hydrogen) atoms. The van der Waals surface area contributed by atoms with Gasteiger partial charge < -0.3 is 4.90 Å². The van der Waals surface area contributed by atoms with Crippen LogP contribution < -0.4 is 5.32 Å². The summed E-state index contributed by atoms with van der Waals surface area (Å²) in [5.41, 5.74) is 1.36. The molecule has 1 aromatic heterocycles. The lowest BCUT2D eigenvalue weighted by atomic mass is 10.1. The molecule has 10 heteroatoms. The lowest BCUT2D eigenvalue weighted by molar-refractivity contribution is 0.102. The smallest absolute Gasteiger partial charge is 0.257 e. The number of thiazole rings is 1. The topological polar surface area (TPSA) is 106 Å². The third-order valence-electron chi connectivity index (χ3n) is 4.93. The summed E-state index contributed by atoms with van der Waals surface area (Å²) in [7, 11) is -1.60. The number of fused-ring (bicyclic) bond motifs is 1. The van der Waals surface area contributed by atoms with Crippen molar-refractivity contribution in [3.05, 3.63) is 53.6 Å². The van der Waals surface area contributed by atoms with E-state index in [1.165, 1.54) is 21.7 Å². The van der Waals surface area contributed by atoms with Crippen molar-refractivity contribution in [3.8, 4) is 6.07 Å². The van der Waals surface area contributed by atoms with Gasteiger partial charge in [-0.1, -0.05) is 17.4 Å². The number of benzene rings is 2. The van der Waals surface area contributed by atoms with Crippen molar-refractivity contribution in [2.45, 2.75) is 4.90 Å². The first-order valence-electron chi connectivity index (χ1n) is 9.27. The van der Waals surface area contributed by atoms with E-state index in [2.05, 4.69) is 15.2 Å². The largest absolute Gasteiger partial charge is 0.304 e. The fraction of sp³-hybridized carbons (Fsp3) is 0.250. The zero-order chi connectivity index (χ0) is 21.3. The molecule has 1 N–H and O–H groups in total. The van der Waals surface area contributed by atoms with Crippen LogP contribution in [0.25, 0.3) is 10.2 Å². The number of carbonyl (C=O) groups is 1. The molecule has 0 unspecified atom stereocenters. The Balaban J connectivity index is 1.56. The summed E-state index contributed by atoms with van der Waals surface area (Å²) in [5.74, 6) is -0.378. The monoisotopic (exact) mass is 441 g/mol. The van der Waals surface area contributed by atoms with Crippen LogP contribution in [0, 0.1) is 11.3 Å². The summed E-state index contributed by atoms with van der Waals surface area (Å²) in [4.78, 5) is 19.2. The Hall–Kier alpha value is -2.84. The predicted molar refractivity (Wildman–Crippen MR) is 115 cm³/mol. The Bertz CT molecular complexity index is 1250. The van der Waals surface area contributed by atoms with E-state index >= 15 is 0 Å². The number of anilines is 1. The van der Waals surface area contributed by atoms with Crippen molar-refractivity contribution in [1.29, 1.82) is 5.26 Å². The molecular weight excluding hydrogens is 422 g/mol. The number of amides is 1. The Morgan fingerprint density at radius 1 is 1.17 bits per heavy atom. The van der Waals surface area contributed by atoms with E-state index in [1.807, 2.05) is 13.1 Å².